The smallest absolute Gasteiger partial charge is 0.319 e. The zero-order valence-electron chi connectivity index (χ0n) is 11.6. The van der Waals surface area contributed by atoms with Gasteiger partial charge < -0.3 is 15.7 Å². The predicted octanol–water partition coefficient (Wildman–Crippen LogP) is 3.38. The number of nitrogens with one attached hydrogen (secondary N) is 2. The van der Waals surface area contributed by atoms with E-state index in [0.29, 0.717) is 18.7 Å². The van der Waals surface area contributed by atoms with E-state index in [1.165, 1.54) is 0 Å². The van der Waals surface area contributed by atoms with Gasteiger partial charge in [-0.2, -0.15) is 0 Å². The van der Waals surface area contributed by atoms with Gasteiger partial charge >= 0.3 is 12.0 Å². The lowest BCUT2D eigenvalue weighted by Gasteiger charge is -2.15. The summed E-state index contributed by atoms with van der Waals surface area (Å²) in [6.07, 6.45) is 0.769. The summed E-state index contributed by atoms with van der Waals surface area (Å²) in [4.78, 5) is 22.4. The zero-order chi connectivity index (χ0) is 15.1. The zero-order valence-corrected chi connectivity index (χ0v) is 13.2. The van der Waals surface area contributed by atoms with E-state index < -0.39 is 5.97 Å². The fourth-order valence-electron chi connectivity index (χ4n) is 1.76. The molecule has 0 bridgehead atoms. The SMILES string of the molecule is CCC(CNC(=O)Nc1cccc(C)c1Br)CC(=O)O. The first-order chi connectivity index (χ1) is 9.43. The number of anilines is 1. The van der Waals surface area contributed by atoms with Crippen molar-refractivity contribution in [2.75, 3.05) is 11.9 Å². The van der Waals surface area contributed by atoms with Crippen molar-refractivity contribution >= 4 is 33.6 Å². The lowest BCUT2D eigenvalue weighted by Crippen LogP contribution is -2.33. The molecule has 0 radical (unpaired) electrons. The molecule has 5 nitrogen and oxygen atoms in total. The average molecular weight is 343 g/mol. The molecule has 0 aliphatic rings. The van der Waals surface area contributed by atoms with Gasteiger partial charge in [-0.15, -0.1) is 0 Å². The number of benzene rings is 1. The molecule has 0 spiro atoms. The van der Waals surface area contributed by atoms with Crippen LogP contribution in [0.2, 0.25) is 0 Å². The van der Waals surface area contributed by atoms with E-state index in [1.807, 2.05) is 26.0 Å². The van der Waals surface area contributed by atoms with E-state index in [9.17, 15) is 9.59 Å². The van der Waals surface area contributed by atoms with Gasteiger partial charge in [0.25, 0.3) is 0 Å². The molecular weight excluding hydrogens is 324 g/mol. The van der Waals surface area contributed by atoms with E-state index in [4.69, 9.17) is 5.11 Å². The summed E-state index contributed by atoms with van der Waals surface area (Å²) in [6.45, 7) is 4.19. The molecular formula is C14H19BrN2O3. The van der Waals surface area contributed by atoms with Crippen LogP contribution in [0.1, 0.15) is 25.3 Å². The van der Waals surface area contributed by atoms with Crippen LogP contribution in [0.5, 0.6) is 0 Å². The second kappa shape index (κ2) is 7.89. The number of halogens is 1. The monoisotopic (exact) mass is 342 g/mol. The maximum atomic E-state index is 11.8. The van der Waals surface area contributed by atoms with Crippen LogP contribution >= 0.6 is 15.9 Å². The second-order valence-electron chi connectivity index (χ2n) is 4.64. The number of carboxylic acids is 1. The van der Waals surface area contributed by atoms with E-state index in [0.717, 1.165) is 10.0 Å². The number of hydrogen-bond acceptors (Lipinski definition) is 2. The molecule has 0 aliphatic heterocycles. The topological polar surface area (TPSA) is 78.4 Å². The van der Waals surface area contributed by atoms with Crippen molar-refractivity contribution in [2.45, 2.75) is 26.7 Å². The minimum Gasteiger partial charge on any atom is -0.481 e. The Morgan fingerprint density at radius 1 is 1.40 bits per heavy atom. The van der Waals surface area contributed by atoms with Gasteiger partial charge in [0.15, 0.2) is 0 Å². The Hall–Kier alpha value is -1.56. The summed E-state index contributed by atoms with van der Waals surface area (Å²) in [5.74, 6) is -0.903. The molecule has 2 amide bonds. The Labute approximate surface area is 126 Å². The van der Waals surface area contributed by atoms with Crippen molar-refractivity contribution < 1.29 is 14.7 Å². The maximum Gasteiger partial charge on any atom is 0.319 e. The largest absolute Gasteiger partial charge is 0.481 e. The van der Waals surface area contributed by atoms with Crippen molar-refractivity contribution in [3.8, 4) is 0 Å². The normalized spacial score (nSPS) is 11.8. The predicted molar refractivity (Wildman–Crippen MR) is 81.9 cm³/mol. The first-order valence-electron chi connectivity index (χ1n) is 6.45. The van der Waals surface area contributed by atoms with Crippen LogP contribution in [0, 0.1) is 12.8 Å². The summed E-state index contributed by atoms with van der Waals surface area (Å²) >= 11 is 3.41. The van der Waals surface area contributed by atoms with Gasteiger partial charge in [0.1, 0.15) is 0 Å². The molecule has 20 heavy (non-hydrogen) atoms. The third-order valence-electron chi connectivity index (χ3n) is 3.03. The Morgan fingerprint density at radius 2 is 2.10 bits per heavy atom. The van der Waals surface area contributed by atoms with E-state index in [-0.39, 0.29) is 18.4 Å². The van der Waals surface area contributed by atoms with Crippen LogP contribution in [0.25, 0.3) is 0 Å². The van der Waals surface area contributed by atoms with Gasteiger partial charge in [0.05, 0.1) is 5.69 Å². The highest BCUT2D eigenvalue weighted by Gasteiger charge is 2.13. The van der Waals surface area contributed by atoms with E-state index in [2.05, 4.69) is 26.6 Å². The molecule has 1 aromatic carbocycles. The first-order valence-corrected chi connectivity index (χ1v) is 7.25. The van der Waals surface area contributed by atoms with Gasteiger partial charge in [-0.1, -0.05) is 25.5 Å². The Bertz CT molecular complexity index is 491. The quantitative estimate of drug-likeness (QED) is 0.741. The number of urea groups is 1. The Balaban J connectivity index is 2.51. The van der Waals surface area contributed by atoms with Crippen LogP contribution in [-0.4, -0.2) is 23.7 Å². The van der Waals surface area contributed by atoms with Crippen LogP contribution in [-0.2, 0) is 4.79 Å². The second-order valence-corrected chi connectivity index (χ2v) is 5.44. The van der Waals surface area contributed by atoms with Crippen LogP contribution in [0.15, 0.2) is 22.7 Å². The minimum absolute atomic E-state index is 0.0563. The lowest BCUT2D eigenvalue weighted by molar-refractivity contribution is -0.138. The van der Waals surface area contributed by atoms with Crippen molar-refractivity contribution in [1.29, 1.82) is 0 Å². The van der Waals surface area contributed by atoms with E-state index in [1.54, 1.807) is 6.07 Å². The van der Waals surface area contributed by atoms with Crippen molar-refractivity contribution in [3.63, 3.8) is 0 Å². The molecule has 1 rings (SSSR count). The van der Waals surface area contributed by atoms with E-state index >= 15 is 0 Å². The molecule has 0 aliphatic carbocycles. The number of rotatable bonds is 6. The molecule has 110 valence electrons. The summed E-state index contributed by atoms with van der Waals surface area (Å²) in [6, 6.07) is 5.26. The molecule has 1 unspecified atom stereocenters. The number of hydrogen-bond donors (Lipinski definition) is 3. The molecule has 0 aromatic heterocycles. The molecule has 3 N–H and O–H groups in total. The Kier molecular flexibility index (Phi) is 6.51. The number of carboxylic acid groups (broad SMARTS) is 1. The lowest BCUT2D eigenvalue weighted by atomic mass is 10.0. The van der Waals surface area contributed by atoms with Crippen LogP contribution in [0.4, 0.5) is 10.5 Å². The highest BCUT2D eigenvalue weighted by atomic mass is 79.9. The fraction of sp³-hybridized carbons (Fsp3) is 0.429. The number of carbonyl (C=O) groups excluding carboxylic acids is 1. The van der Waals surface area contributed by atoms with Crippen LogP contribution < -0.4 is 10.6 Å². The van der Waals surface area contributed by atoms with Crippen molar-refractivity contribution in [2.24, 2.45) is 5.92 Å². The molecule has 0 saturated heterocycles. The standard InChI is InChI=1S/C14H19BrN2O3/c1-3-10(7-12(18)19)8-16-14(20)17-11-6-4-5-9(2)13(11)15/h4-6,10H,3,7-8H2,1-2H3,(H,18,19)(H2,16,17,20). The molecule has 0 fully saturated rings. The van der Waals surface area contributed by atoms with Gasteiger partial charge in [0, 0.05) is 17.4 Å². The number of aliphatic carboxylic acids is 1. The number of amides is 2. The summed E-state index contributed by atoms with van der Waals surface area (Å²) in [5, 5.41) is 14.2. The Morgan fingerprint density at radius 3 is 2.70 bits per heavy atom. The third kappa shape index (κ3) is 5.21. The minimum atomic E-state index is -0.847. The number of aryl methyl sites for hydroxylation is 1. The number of carbonyl (C=O) groups is 2. The van der Waals surface area contributed by atoms with Gasteiger partial charge in [-0.25, -0.2) is 4.79 Å². The summed E-state index contributed by atoms with van der Waals surface area (Å²) < 4.78 is 0.840. The van der Waals surface area contributed by atoms with Gasteiger partial charge in [-0.05, 0) is 40.4 Å². The maximum absolute atomic E-state index is 11.8. The summed E-state index contributed by atoms with van der Waals surface area (Å²) in [7, 11) is 0. The highest BCUT2D eigenvalue weighted by Crippen LogP contribution is 2.25. The van der Waals surface area contributed by atoms with Crippen molar-refractivity contribution in [1.82, 2.24) is 5.32 Å². The fourth-order valence-corrected chi connectivity index (χ4v) is 2.12. The third-order valence-corrected chi connectivity index (χ3v) is 4.08. The molecule has 0 saturated carbocycles. The molecule has 1 aromatic rings. The average Bonchev–Trinajstić information content (AvgIpc) is 2.39. The van der Waals surface area contributed by atoms with Gasteiger partial charge in [-0.3, -0.25) is 4.79 Å². The molecule has 6 heteroatoms. The molecule has 0 heterocycles. The first kappa shape index (κ1) is 16.5. The van der Waals surface area contributed by atoms with Crippen molar-refractivity contribution in [3.05, 3.63) is 28.2 Å². The summed E-state index contributed by atoms with van der Waals surface area (Å²) in [5.41, 5.74) is 1.72. The molecule has 1 atom stereocenters. The van der Waals surface area contributed by atoms with Crippen LogP contribution in [0.3, 0.4) is 0 Å². The van der Waals surface area contributed by atoms with Gasteiger partial charge in [0.2, 0.25) is 0 Å². The highest BCUT2D eigenvalue weighted by molar-refractivity contribution is 9.10.